The van der Waals surface area contributed by atoms with Gasteiger partial charge in [-0.25, -0.2) is 0 Å². The van der Waals surface area contributed by atoms with Gasteiger partial charge in [0, 0.05) is 10.0 Å². The maximum Gasteiger partial charge on any atom is 0.169 e. The summed E-state index contributed by atoms with van der Waals surface area (Å²) in [5, 5.41) is 3.43. The molecule has 108 valence electrons. The van der Waals surface area contributed by atoms with Crippen molar-refractivity contribution in [3.63, 3.8) is 0 Å². The minimum atomic E-state index is -0.0434. The molecular formula is C15H17Br2NO2. The number of rotatable bonds is 5. The number of ether oxygens (including phenoxy) is 1. The standard InChI is InChI=1S/C15H17Br2NO2/c1-4-18-15(12-5-6-14(17)20-12)10-8-11(16)9(2)7-13(10)19-3/h5-8,15,18H,4H2,1-3H3. The van der Waals surface area contributed by atoms with Gasteiger partial charge in [-0.2, -0.15) is 0 Å². The van der Waals surface area contributed by atoms with Gasteiger partial charge < -0.3 is 14.5 Å². The van der Waals surface area contributed by atoms with Crippen molar-refractivity contribution in [2.45, 2.75) is 19.9 Å². The highest BCUT2D eigenvalue weighted by atomic mass is 79.9. The molecule has 1 unspecified atom stereocenters. The molecule has 0 spiro atoms. The van der Waals surface area contributed by atoms with Gasteiger partial charge >= 0.3 is 0 Å². The molecule has 3 nitrogen and oxygen atoms in total. The zero-order valence-electron chi connectivity index (χ0n) is 11.7. The Hall–Kier alpha value is -0.780. The summed E-state index contributed by atoms with van der Waals surface area (Å²) < 4.78 is 13.0. The molecule has 1 atom stereocenters. The first-order chi connectivity index (χ1) is 9.56. The Labute approximate surface area is 136 Å². The zero-order valence-corrected chi connectivity index (χ0v) is 14.8. The molecule has 0 aliphatic heterocycles. The first-order valence-corrected chi connectivity index (χ1v) is 7.98. The molecular weight excluding hydrogens is 386 g/mol. The van der Waals surface area contributed by atoms with Crippen molar-refractivity contribution in [1.29, 1.82) is 0 Å². The highest BCUT2D eigenvalue weighted by molar-refractivity contribution is 9.10. The molecule has 0 fully saturated rings. The lowest BCUT2D eigenvalue weighted by atomic mass is 10.0. The molecule has 2 aromatic rings. The van der Waals surface area contributed by atoms with Crippen molar-refractivity contribution in [2.24, 2.45) is 0 Å². The van der Waals surface area contributed by atoms with Crippen LogP contribution in [-0.4, -0.2) is 13.7 Å². The highest BCUT2D eigenvalue weighted by Crippen LogP contribution is 2.35. The molecule has 0 saturated heterocycles. The molecule has 1 heterocycles. The van der Waals surface area contributed by atoms with E-state index in [1.807, 2.05) is 25.1 Å². The summed E-state index contributed by atoms with van der Waals surface area (Å²) >= 11 is 6.93. The van der Waals surface area contributed by atoms with Crippen LogP contribution in [0.15, 0.2) is 37.8 Å². The molecule has 0 saturated carbocycles. The summed E-state index contributed by atoms with van der Waals surface area (Å²) in [5.74, 6) is 1.71. The van der Waals surface area contributed by atoms with Crippen LogP contribution >= 0.6 is 31.9 Å². The van der Waals surface area contributed by atoms with E-state index in [0.29, 0.717) is 0 Å². The van der Waals surface area contributed by atoms with Gasteiger partial charge in [-0.05, 0) is 59.2 Å². The molecule has 0 amide bonds. The van der Waals surface area contributed by atoms with E-state index < -0.39 is 0 Å². The van der Waals surface area contributed by atoms with Crippen molar-refractivity contribution < 1.29 is 9.15 Å². The molecule has 1 aromatic heterocycles. The monoisotopic (exact) mass is 401 g/mol. The number of hydrogen-bond donors (Lipinski definition) is 1. The summed E-state index contributed by atoms with van der Waals surface area (Å²) in [6, 6.07) is 7.93. The number of methoxy groups -OCH3 is 1. The zero-order chi connectivity index (χ0) is 14.7. The van der Waals surface area contributed by atoms with E-state index in [1.54, 1.807) is 7.11 Å². The average Bonchev–Trinajstić information content (AvgIpc) is 2.85. The van der Waals surface area contributed by atoms with E-state index in [1.165, 1.54) is 0 Å². The third kappa shape index (κ3) is 3.27. The highest BCUT2D eigenvalue weighted by Gasteiger charge is 2.21. The molecule has 1 aromatic carbocycles. The van der Waals surface area contributed by atoms with Crippen molar-refractivity contribution >= 4 is 31.9 Å². The lowest BCUT2D eigenvalue weighted by molar-refractivity contribution is 0.390. The van der Waals surface area contributed by atoms with Crippen LogP contribution in [-0.2, 0) is 0 Å². The van der Waals surface area contributed by atoms with Gasteiger partial charge in [0.05, 0.1) is 13.2 Å². The normalized spacial score (nSPS) is 12.4. The SMILES string of the molecule is CCNC(c1ccc(Br)o1)c1cc(Br)c(C)cc1OC. The van der Waals surface area contributed by atoms with E-state index in [9.17, 15) is 0 Å². The van der Waals surface area contributed by atoms with Gasteiger partial charge in [0.1, 0.15) is 11.5 Å². The first kappa shape index (κ1) is 15.6. The molecule has 0 radical (unpaired) electrons. The van der Waals surface area contributed by atoms with E-state index in [2.05, 4.69) is 50.2 Å². The van der Waals surface area contributed by atoms with Crippen molar-refractivity contribution in [3.8, 4) is 5.75 Å². The maximum atomic E-state index is 5.71. The Kier molecular flexibility index (Phi) is 5.29. The van der Waals surface area contributed by atoms with Crippen LogP contribution in [0.5, 0.6) is 5.75 Å². The van der Waals surface area contributed by atoms with Crippen molar-refractivity contribution in [1.82, 2.24) is 5.32 Å². The van der Waals surface area contributed by atoms with Crippen molar-refractivity contribution in [2.75, 3.05) is 13.7 Å². The number of halogens is 2. The van der Waals surface area contributed by atoms with Crippen LogP contribution in [0.3, 0.4) is 0 Å². The van der Waals surface area contributed by atoms with Crippen LogP contribution in [0.4, 0.5) is 0 Å². The minimum Gasteiger partial charge on any atom is -0.496 e. The Morgan fingerprint density at radius 1 is 1.30 bits per heavy atom. The number of hydrogen-bond acceptors (Lipinski definition) is 3. The molecule has 2 rings (SSSR count). The predicted molar refractivity (Wildman–Crippen MR) is 87.4 cm³/mol. The van der Waals surface area contributed by atoms with E-state index >= 15 is 0 Å². The van der Waals surface area contributed by atoms with Crippen LogP contribution < -0.4 is 10.1 Å². The second-order valence-corrected chi connectivity index (χ2v) is 6.11. The number of aryl methyl sites for hydroxylation is 1. The fourth-order valence-electron chi connectivity index (χ4n) is 2.12. The third-order valence-electron chi connectivity index (χ3n) is 3.11. The summed E-state index contributed by atoms with van der Waals surface area (Å²) in [7, 11) is 1.69. The Bertz CT molecular complexity index is 596. The van der Waals surface area contributed by atoms with Gasteiger partial charge in [0.15, 0.2) is 4.67 Å². The molecule has 0 aliphatic rings. The second-order valence-electron chi connectivity index (χ2n) is 4.48. The summed E-state index contributed by atoms with van der Waals surface area (Å²) in [6.45, 7) is 4.94. The quantitative estimate of drug-likeness (QED) is 0.778. The Balaban J connectivity index is 2.51. The summed E-state index contributed by atoms with van der Waals surface area (Å²) in [5.41, 5.74) is 2.19. The Morgan fingerprint density at radius 2 is 2.05 bits per heavy atom. The minimum absolute atomic E-state index is 0.0434. The van der Waals surface area contributed by atoms with Crippen LogP contribution in [0.25, 0.3) is 0 Å². The van der Waals surface area contributed by atoms with E-state index in [0.717, 1.165) is 38.3 Å². The molecule has 20 heavy (non-hydrogen) atoms. The maximum absolute atomic E-state index is 5.71. The lowest BCUT2D eigenvalue weighted by Gasteiger charge is -2.20. The number of nitrogens with one attached hydrogen (secondary N) is 1. The van der Waals surface area contributed by atoms with Gasteiger partial charge in [0.25, 0.3) is 0 Å². The number of furan rings is 1. The van der Waals surface area contributed by atoms with Gasteiger partial charge in [0.2, 0.25) is 0 Å². The van der Waals surface area contributed by atoms with Gasteiger partial charge in [-0.3, -0.25) is 0 Å². The first-order valence-electron chi connectivity index (χ1n) is 6.39. The van der Waals surface area contributed by atoms with Gasteiger partial charge in [-0.15, -0.1) is 0 Å². The van der Waals surface area contributed by atoms with Gasteiger partial charge in [-0.1, -0.05) is 22.9 Å². The molecule has 0 aliphatic carbocycles. The smallest absolute Gasteiger partial charge is 0.169 e. The van der Waals surface area contributed by atoms with Crippen LogP contribution in [0.1, 0.15) is 29.9 Å². The fraction of sp³-hybridized carbons (Fsp3) is 0.333. The van der Waals surface area contributed by atoms with Crippen molar-refractivity contribution in [3.05, 3.63) is 50.3 Å². The third-order valence-corrected chi connectivity index (χ3v) is 4.39. The summed E-state index contributed by atoms with van der Waals surface area (Å²) in [6.07, 6.45) is 0. The van der Waals surface area contributed by atoms with E-state index in [-0.39, 0.29) is 6.04 Å². The van der Waals surface area contributed by atoms with Crippen LogP contribution in [0.2, 0.25) is 0 Å². The second kappa shape index (κ2) is 6.78. The lowest BCUT2D eigenvalue weighted by Crippen LogP contribution is -2.22. The average molecular weight is 403 g/mol. The predicted octanol–water partition coefficient (Wildman–Crippen LogP) is 4.82. The molecule has 1 N–H and O–H groups in total. The summed E-state index contributed by atoms with van der Waals surface area (Å²) in [4.78, 5) is 0. The number of benzene rings is 1. The van der Waals surface area contributed by atoms with E-state index in [4.69, 9.17) is 9.15 Å². The largest absolute Gasteiger partial charge is 0.496 e. The topological polar surface area (TPSA) is 34.4 Å². The van der Waals surface area contributed by atoms with Crippen LogP contribution in [0, 0.1) is 6.92 Å². The fourth-order valence-corrected chi connectivity index (χ4v) is 2.80. The molecule has 0 bridgehead atoms. The molecule has 5 heteroatoms. The Morgan fingerprint density at radius 3 is 2.60 bits per heavy atom.